The average Bonchev–Trinajstić information content (AvgIpc) is 2.34. The van der Waals surface area contributed by atoms with Gasteiger partial charge in [0.25, 0.3) is 0 Å². The lowest BCUT2D eigenvalue weighted by Crippen LogP contribution is -2.42. The van der Waals surface area contributed by atoms with Gasteiger partial charge in [-0.15, -0.1) is 0 Å². The van der Waals surface area contributed by atoms with Crippen LogP contribution in [0, 0.1) is 17.8 Å². The Bertz CT molecular complexity index is 383. The first-order valence-corrected chi connectivity index (χ1v) is 9.51. The predicted molar refractivity (Wildman–Crippen MR) is 78.5 cm³/mol. The normalized spacial score (nSPS) is 33.1. The van der Waals surface area contributed by atoms with Crippen molar-refractivity contribution in [2.24, 2.45) is 17.8 Å². The maximum Gasteiger partial charge on any atom is 0.211 e. The van der Waals surface area contributed by atoms with E-state index in [-0.39, 0.29) is 0 Å². The second-order valence-corrected chi connectivity index (χ2v) is 8.25. The Kier molecular flexibility index (Phi) is 5.26. The monoisotopic (exact) mass is 288 g/mol. The molecule has 0 amide bonds. The maximum absolute atomic E-state index is 11.6. The highest BCUT2D eigenvalue weighted by Gasteiger charge is 2.34. The van der Waals surface area contributed by atoms with E-state index in [0.29, 0.717) is 5.92 Å². The van der Waals surface area contributed by atoms with Crippen LogP contribution in [0.5, 0.6) is 0 Å². The molecule has 0 bridgehead atoms. The van der Waals surface area contributed by atoms with Crippen LogP contribution in [-0.4, -0.2) is 45.2 Å². The molecule has 3 unspecified atom stereocenters. The number of nitrogens with one attached hydrogen (secondary N) is 1. The van der Waals surface area contributed by atoms with E-state index in [1.807, 2.05) is 0 Å². The maximum atomic E-state index is 11.6. The second kappa shape index (κ2) is 6.55. The lowest BCUT2D eigenvalue weighted by Gasteiger charge is -2.41. The number of sulfonamides is 1. The molecule has 112 valence electrons. The van der Waals surface area contributed by atoms with Gasteiger partial charge in [0, 0.05) is 13.1 Å². The number of piperidine rings is 1. The summed E-state index contributed by atoms with van der Waals surface area (Å²) in [6.07, 6.45) is 7.49. The molecule has 1 saturated carbocycles. The van der Waals surface area contributed by atoms with E-state index >= 15 is 0 Å². The molecule has 2 fully saturated rings. The summed E-state index contributed by atoms with van der Waals surface area (Å²) in [5, 5.41) is 3.44. The third-order valence-electron chi connectivity index (χ3n) is 4.82. The van der Waals surface area contributed by atoms with E-state index in [4.69, 9.17) is 0 Å². The van der Waals surface area contributed by atoms with Gasteiger partial charge in [0.2, 0.25) is 10.0 Å². The summed E-state index contributed by atoms with van der Waals surface area (Å²) in [7, 11) is -2.99. The molecular weight excluding hydrogens is 260 g/mol. The van der Waals surface area contributed by atoms with Gasteiger partial charge in [0.05, 0.1) is 6.26 Å². The number of nitrogens with zero attached hydrogens (tertiary/aromatic N) is 1. The van der Waals surface area contributed by atoms with Gasteiger partial charge in [-0.1, -0.05) is 6.92 Å². The first-order chi connectivity index (χ1) is 9.00. The Morgan fingerprint density at radius 2 is 1.95 bits per heavy atom. The fourth-order valence-corrected chi connectivity index (χ4v) is 4.44. The molecule has 0 spiro atoms. The van der Waals surface area contributed by atoms with Crippen molar-refractivity contribution < 1.29 is 8.42 Å². The van der Waals surface area contributed by atoms with Crippen LogP contribution in [0.15, 0.2) is 0 Å². The molecule has 1 saturated heterocycles. The molecule has 19 heavy (non-hydrogen) atoms. The van der Waals surface area contributed by atoms with Crippen LogP contribution >= 0.6 is 0 Å². The van der Waals surface area contributed by atoms with Crippen molar-refractivity contribution in [3.05, 3.63) is 0 Å². The molecule has 1 aliphatic heterocycles. The highest BCUT2D eigenvalue weighted by Crippen LogP contribution is 2.40. The van der Waals surface area contributed by atoms with E-state index in [1.165, 1.54) is 31.9 Å². The topological polar surface area (TPSA) is 49.4 Å². The standard InChI is InChI=1S/C14H28N2O2S/c1-3-15-10-14-7-6-13(14)9-12-5-4-8-16(11-12)19(2,17)18/h12-15H,3-11H2,1-2H3. The summed E-state index contributed by atoms with van der Waals surface area (Å²) in [6, 6.07) is 0. The molecule has 0 aromatic heterocycles. The van der Waals surface area contributed by atoms with Crippen LogP contribution < -0.4 is 5.32 Å². The minimum Gasteiger partial charge on any atom is -0.317 e. The van der Waals surface area contributed by atoms with Crippen molar-refractivity contribution in [3.63, 3.8) is 0 Å². The van der Waals surface area contributed by atoms with Crippen LogP contribution in [0.25, 0.3) is 0 Å². The Morgan fingerprint density at radius 1 is 1.21 bits per heavy atom. The Morgan fingerprint density at radius 3 is 2.53 bits per heavy atom. The Labute approximate surface area is 118 Å². The summed E-state index contributed by atoms with van der Waals surface area (Å²) >= 11 is 0. The Balaban J connectivity index is 1.79. The zero-order chi connectivity index (χ0) is 13.9. The summed E-state index contributed by atoms with van der Waals surface area (Å²) in [6.45, 7) is 5.82. The molecule has 4 nitrogen and oxygen atoms in total. The van der Waals surface area contributed by atoms with Gasteiger partial charge in [0.15, 0.2) is 0 Å². The van der Waals surface area contributed by atoms with Crippen LogP contribution in [0.1, 0.15) is 39.0 Å². The lowest BCUT2D eigenvalue weighted by atomic mass is 9.69. The first-order valence-electron chi connectivity index (χ1n) is 7.66. The largest absolute Gasteiger partial charge is 0.317 e. The predicted octanol–water partition coefficient (Wildman–Crippen LogP) is 1.68. The third kappa shape index (κ3) is 4.17. The zero-order valence-electron chi connectivity index (χ0n) is 12.3. The van der Waals surface area contributed by atoms with Crippen LogP contribution in [0.2, 0.25) is 0 Å². The second-order valence-electron chi connectivity index (χ2n) is 6.27. The smallest absolute Gasteiger partial charge is 0.211 e. The van der Waals surface area contributed by atoms with E-state index in [9.17, 15) is 8.42 Å². The third-order valence-corrected chi connectivity index (χ3v) is 6.09. The molecule has 0 aromatic carbocycles. The van der Waals surface area contributed by atoms with Crippen molar-refractivity contribution >= 4 is 10.0 Å². The fraction of sp³-hybridized carbons (Fsp3) is 1.00. The van der Waals surface area contributed by atoms with Gasteiger partial charge in [0.1, 0.15) is 0 Å². The van der Waals surface area contributed by atoms with Crippen molar-refractivity contribution in [1.82, 2.24) is 9.62 Å². The number of rotatable bonds is 6. The van der Waals surface area contributed by atoms with Crippen molar-refractivity contribution in [2.75, 3.05) is 32.4 Å². The van der Waals surface area contributed by atoms with Crippen molar-refractivity contribution in [1.29, 1.82) is 0 Å². The molecular formula is C14H28N2O2S. The average molecular weight is 288 g/mol. The summed E-state index contributed by atoms with van der Waals surface area (Å²) < 4.78 is 24.9. The summed E-state index contributed by atoms with van der Waals surface area (Å²) in [4.78, 5) is 0. The van der Waals surface area contributed by atoms with Crippen LogP contribution in [0.3, 0.4) is 0 Å². The number of hydrogen-bond acceptors (Lipinski definition) is 3. The molecule has 1 heterocycles. The van der Waals surface area contributed by atoms with Gasteiger partial charge < -0.3 is 5.32 Å². The molecule has 3 atom stereocenters. The van der Waals surface area contributed by atoms with Gasteiger partial charge in [-0.25, -0.2) is 12.7 Å². The summed E-state index contributed by atoms with van der Waals surface area (Å²) in [5.74, 6) is 2.23. The first kappa shape index (κ1) is 15.3. The van der Waals surface area contributed by atoms with E-state index in [2.05, 4.69) is 12.2 Å². The molecule has 2 aliphatic rings. The number of hydrogen-bond donors (Lipinski definition) is 1. The molecule has 1 N–H and O–H groups in total. The highest BCUT2D eigenvalue weighted by atomic mass is 32.2. The van der Waals surface area contributed by atoms with Gasteiger partial charge in [-0.2, -0.15) is 0 Å². The van der Waals surface area contributed by atoms with Gasteiger partial charge in [-0.3, -0.25) is 0 Å². The molecule has 1 aliphatic carbocycles. The van der Waals surface area contributed by atoms with E-state index < -0.39 is 10.0 Å². The minimum atomic E-state index is -2.99. The molecule has 0 aromatic rings. The van der Waals surface area contributed by atoms with E-state index in [0.717, 1.165) is 44.4 Å². The SMILES string of the molecule is CCNCC1CCC1CC1CCCN(S(C)(=O)=O)C1. The molecule has 2 rings (SSSR count). The van der Waals surface area contributed by atoms with Crippen LogP contribution in [-0.2, 0) is 10.0 Å². The summed E-state index contributed by atoms with van der Waals surface area (Å²) in [5.41, 5.74) is 0. The highest BCUT2D eigenvalue weighted by molar-refractivity contribution is 7.88. The molecule has 0 radical (unpaired) electrons. The lowest BCUT2D eigenvalue weighted by molar-refractivity contribution is 0.118. The van der Waals surface area contributed by atoms with Gasteiger partial charge in [-0.05, 0) is 62.9 Å². The quantitative estimate of drug-likeness (QED) is 0.809. The fourth-order valence-electron chi connectivity index (χ4n) is 3.50. The van der Waals surface area contributed by atoms with E-state index in [1.54, 1.807) is 4.31 Å². The molecule has 5 heteroatoms. The van der Waals surface area contributed by atoms with Gasteiger partial charge >= 0.3 is 0 Å². The zero-order valence-corrected chi connectivity index (χ0v) is 13.1. The Hall–Kier alpha value is -0.130. The minimum absolute atomic E-state index is 0.581. The van der Waals surface area contributed by atoms with Crippen molar-refractivity contribution in [3.8, 4) is 0 Å². The van der Waals surface area contributed by atoms with Crippen LogP contribution in [0.4, 0.5) is 0 Å². The van der Waals surface area contributed by atoms with Crippen molar-refractivity contribution in [2.45, 2.75) is 39.0 Å².